The third-order valence-electron chi connectivity index (χ3n) is 5.45. The number of benzene rings is 3. The fourth-order valence-electron chi connectivity index (χ4n) is 4.19. The number of hydrogen-bond acceptors (Lipinski definition) is 2. The van der Waals surface area contributed by atoms with Gasteiger partial charge < -0.3 is 0 Å². The van der Waals surface area contributed by atoms with E-state index in [2.05, 4.69) is 99.6 Å². The van der Waals surface area contributed by atoms with Gasteiger partial charge in [-0.25, -0.2) is 0 Å². The molecule has 0 fully saturated rings. The Kier molecular flexibility index (Phi) is 4.75. The Morgan fingerprint density at radius 2 is 1.37 bits per heavy atom. The lowest BCUT2D eigenvalue weighted by atomic mass is 9.88. The molecule has 1 aliphatic heterocycles. The van der Waals surface area contributed by atoms with Crippen molar-refractivity contribution in [3.63, 3.8) is 0 Å². The fourth-order valence-corrected chi connectivity index (χ4v) is 5.28. The first-order valence-electron chi connectivity index (χ1n) is 10.4. The molecular formula is C28H25NS. The number of hydrogen-bond donors (Lipinski definition) is 0. The normalized spacial score (nSPS) is 12.5. The first-order chi connectivity index (χ1) is 14.5. The molecule has 0 spiro atoms. The van der Waals surface area contributed by atoms with E-state index in [9.17, 15) is 0 Å². The average Bonchev–Trinajstić information content (AvgIpc) is 2.87. The molecule has 148 valence electrons. The molecule has 2 heterocycles. The maximum absolute atomic E-state index is 4.70. The van der Waals surface area contributed by atoms with Gasteiger partial charge >= 0.3 is 0 Å². The highest BCUT2D eigenvalue weighted by atomic mass is 32.2. The molecular weight excluding hydrogens is 382 g/mol. The summed E-state index contributed by atoms with van der Waals surface area (Å²) in [4.78, 5) is 7.30. The van der Waals surface area contributed by atoms with Crippen LogP contribution in [0.4, 0.5) is 0 Å². The van der Waals surface area contributed by atoms with Crippen LogP contribution in [0.2, 0.25) is 0 Å². The molecule has 0 N–H and O–H groups in total. The molecule has 0 amide bonds. The number of aromatic nitrogens is 1. The van der Waals surface area contributed by atoms with Crippen molar-refractivity contribution in [1.29, 1.82) is 0 Å². The van der Waals surface area contributed by atoms with E-state index in [1.807, 2.05) is 18.0 Å². The van der Waals surface area contributed by atoms with Crippen LogP contribution in [0.5, 0.6) is 0 Å². The van der Waals surface area contributed by atoms with Crippen LogP contribution in [0.1, 0.15) is 26.3 Å². The molecule has 0 saturated heterocycles. The minimum atomic E-state index is 0.258. The van der Waals surface area contributed by atoms with Gasteiger partial charge in [-0.1, -0.05) is 81.1 Å². The molecule has 0 saturated carbocycles. The minimum Gasteiger partial charge on any atom is -0.256 e. The summed E-state index contributed by atoms with van der Waals surface area (Å²) in [6.07, 6.45) is 2.99. The van der Waals surface area contributed by atoms with Gasteiger partial charge in [0.05, 0.1) is 5.69 Å². The van der Waals surface area contributed by atoms with Gasteiger partial charge in [0.25, 0.3) is 0 Å². The zero-order valence-corrected chi connectivity index (χ0v) is 18.5. The van der Waals surface area contributed by atoms with Crippen LogP contribution >= 0.6 is 11.8 Å². The van der Waals surface area contributed by atoms with Crippen molar-refractivity contribution in [2.24, 2.45) is 5.41 Å². The summed E-state index contributed by atoms with van der Waals surface area (Å²) in [5.41, 5.74) is 8.99. The zero-order valence-electron chi connectivity index (χ0n) is 17.6. The molecule has 1 aliphatic rings. The third-order valence-corrected chi connectivity index (χ3v) is 6.60. The second-order valence-electron chi connectivity index (χ2n) is 9.14. The summed E-state index contributed by atoms with van der Waals surface area (Å²) < 4.78 is 0. The highest BCUT2D eigenvalue weighted by Gasteiger charge is 2.20. The minimum absolute atomic E-state index is 0.258. The topological polar surface area (TPSA) is 12.9 Å². The lowest BCUT2D eigenvalue weighted by molar-refractivity contribution is 0.411. The summed E-state index contributed by atoms with van der Waals surface area (Å²) in [7, 11) is 0. The SMILES string of the molecule is CC(C)(C)Cc1ccnc(-c2ccc3c(c2)-c2ccccc2-c2ccccc2S3)c1. The Labute approximate surface area is 183 Å². The maximum atomic E-state index is 4.70. The van der Waals surface area contributed by atoms with Crippen molar-refractivity contribution in [2.75, 3.05) is 0 Å². The third kappa shape index (κ3) is 3.68. The summed E-state index contributed by atoms with van der Waals surface area (Å²) in [5.74, 6) is 0. The second-order valence-corrected chi connectivity index (χ2v) is 10.2. The number of rotatable bonds is 2. The van der Waals surface area contributed by atoms with E-state index in [4.69, 9.17) is 4.98 Å². The highest BCUT2D eigenvalue weighted by molar-refractivity contribution is 7.99. The van der Waals surface area contributed by atoms with Crippen LogP contribution < -0.4 is 0 Å². The Morgan fingerprint density at radius 1 is 0.700 bits per heavy atom. The van der Waals surface area contributed by atoms with Gasteiger partial charge in [-0.2, -0.15) is 0 Å². The molecule has 30 heavy (non-hydrogen) atoms. The molecule has 0 radical (unpaired) electrons. The molecule has 1 nitrogen and oxygen atoms in total. The maximum Gasteiger partial charge on any atom is 0.0704 e. The standard InChI is InChI=1S/C28H25NS/c1-28(2,3)18-19-14-15-29-25(16-19)20-12-13-27-24(17-20)22-9-5-4-8-21(22)23-10-6-7-11-26(23)30-27/h4-17H,18H2,1-3H3. The Bertz CT molecular complexity index is 1230. The largest absolute Gasteiger partial charge is 0.256 e. The van der Waals surface area contributed by atoms with Crippen molar-refractivity contribution in [3.05, 3.63) is 90.6 Å². The van der Waals surface area contributed by atoms with E-state index in [0.29, 0.717) is 0 Å². The quantitative estimate of drug-likeness (QED) is 0.293. The smallest absolute Gasteiger partial charge is 0.0704 e. The molecule has 0 unspecified atom stereocenters. The van der Waals surface area contributed by atoms with Gasteiger partial charge in [0.2, 0.25) is 0 Å². The van der Waals surface area contributed by atoms with Crippen molar-refractivity contribution < 1.29 is 0 Å². The van der Waals surface area contributed by atoms with Crippen LogP contribution in [0.25, 0.3) is 33.5 Å². The predicted octanol–water partition coefficient (Wildman–Crippen LogP) is 8.14. The molecule has 2 heteroatoms. The van der Waals surface area contributed by atoms with E-state index >= 15 is 0 Å². The Hall–Kier alpha value is -2.84. The summed E-state index contributed by atoms with van der Waals surface area (Å²) in [6, 6.07) is 28.6. The molecule has 3 aromatic carbocycles. The van der Waals surface area contributed by atoms with Gasteiger partial charge in [0, 0.05) is 21.6 Å². The molecule has 4 aromatic rings. The number of fused-ring (bicyclic) bond motifs is 5. The lowest BCUT2D eigenvalue weighted by Gasteiger charge is -2.18. The highest BCUT2D eigenvalue weighted by Crippen LogP contribution is 2.48. The molecule has 5 rings (SSSR count). The van der Waals surface area contributed by atoms with E-state index < -0.39 is 0 Å². The van der Waals surface area contributed by atoms with Crippen molar-refractivity contribution >= 4 is 11.8 Å². The van der Waals surface area contributed by atoms with E-state index in [1.165, 1.54) is 43.2 Å². The summed E-state index contributed by atoms with van der Waals surface area (Å²) >= 11 is 1.85. The van der Waals surface area contributed by atoms with Gasteiger partial charge in [-0.15, -0.1) is 0 Å². The van der Waals surface area contributed by atoms with Gasteiger partial charge in [0.1, 0.15) is 0 Å². The van der Waals surface area contributed by atoms with Gasteiger partial charge in [-0.05, 0) is 70.0 Å². The van der Waals surface area contributed by atoms with Crippen LogP contribution in [-0.2, 0) is 6.42 Å². The predicted molar refractivity (Wildman–Crippen MR) is 128 cm³/mol. The second kappa shape index (κ2) is 7.45. The van der Waals surface area contributed by atoms with Crippen molar-refractivity contribution in [2.45, 2.75) is 37.0 Å². The molecule has 1 aromatic heterocycles. The lowest BCUT2D eigenvalue weighted by Crippen LogP contribution is -2.09. The Balaban J connectivity index is 1.64. The van der Waals surface area contributed by atoms with Crippen LogP contribution in [0, 0.1) is 5.41 Å². The van der Waals surface area contributed by atoms with Crippen LogP contribution in [0.3, 0.4) is 0 Å². The van der Waals surface area contributed by atoms with Crippen molar-refractivity contribution in [3.8, 4) is 33.5 Å². The average molecular weight is 408 g/mol. The molecule has 0 atom stereocenters. The number of nitrogens with zero attached hydrogens (tertiary/aromatic N) is 1. The van der Waals surface area contributed by atoms with Gasteiger partial charge in [-0.3, -0.25) is 4.98 Å². The van der Waals surface area contributed by atoms with E-state index in [-0.39, 0.29) is 5.41 Å². The van der Waals surface area contributed by atoms with Crippen LogP contribution in [-0.4, -0.2) is 4.98 Å². The first-order valence-corrected chi connectivity index (χ1v) is 11.3. The molecule has 0 bridgehead atoms. The zero-order chi connectivity index (χ0) is 20.7. The fraction of sp³-hybridized carbons (Fsp3) is 0.179. The van der Waals surface area contributed by atoms with Crippen molar-refractivity contribution in [1.82, 2.24) is 4.98 Å². The van der Waals surface area contributed by atoms with E-state index in [1.54, 1.807) is 0 Å². The monoisotopic (exact) mass is 407 g/mol. The van der Waals surface area contributed by atoms with E-state index in [0.717, 1.165) is 12.1 Å². The van der Waals surface area contributed by atoms with Gasteiger partial charge in [0.15, 0.2) is 0 Å². The summed E-state index contributed by atoms with van der Waals surface area (Å²) in [5, 5.41) is 0. The molecule has 0 aliphatic carbocycles. The Morgan fingerprint density at radius 3 is 2.13 bits per heavy atom. The summed E-state index contributed by atoms with van der Waals surface area (Å²) in [6.45, 7) is 6.84. The van der Waals surface area contributed by atoms with Crippen LogP contribution in [0.15, 0.2) is 94.9 Å². The first kappa shape index (κ1) is 19.1. The number of pyridine rings is 1.